The lowest BCUT2D eigenvalue weighted by atomic mass is 9.95. The Morgan fingerprint density at radius 1 is 1.11 bits per heavy atom. The Morgan fingerprint density at radius 3 is 2.67 bits per heavy atom. The molecule has 0 unspecified atom stereocenters. The molecule has 3 heterocycles. The molecule has 1 atom stereocenters. The van der Waals surface area contributed by atoms with Crippen LogP contribution in [0, 0.1) is 0 Å². The summed E-state index contributed by atoms with van der Waals surface area (Å²) in [6.45, 7) is 3.02. The van der Waals surface area contributed by atoms with Crippen LogP contribution >= 0.6 is 0 Å². The highest BCUT2D eigenvalue weighted by atomic mass is 15.3. The molecule has 140 valence electrons. The van der Waals surface area contributed by atoms with Gasteiger partial charge in [0.25, 0.3) is 0 Å². The second-order valence-electron chi connectivity index (χ2n) is 7.93. The molecule has 1 saturated heterocycles. The summed E-state index contributed by atoms with van der Waals surface area (Å²) in [7, 11) is 2.10. The van der Waals surface area contributed by atoms with Crippen LogP contribution in [0.4, 0.5) is 0 Å². The first-order chi connectivity index (χ1) is 13.3. The SMILES string of the molecule is Cn1c(Cn2ccnc2)nnc1[C@H]1CCCN(C2Cc3ccccc3C2)C1. The highest BCUT2D eigenvalue weighted by Gasteiger charge is 2.32. The predicted octanol–water partition coefficient (Wildman–Crippen LogP) is 2.41. The number of imidazole rings is 1. The lowest BCUT2D eigenvalue weighted by Crippen LogP contribution is -2.43. The standard InChI is InChI=1S/C21H26N6/c1-25-20(14-26-10-8-22-15-26)23-24-21(25)18-7-4-9-27(13-18)19-11-16-5-2-3-6-17(16)12-19/h2-3,5-6,8,10,15,18-19H,4,7,9,11-14H2,1H3/t18-/m0/s1. The molecule has 1 fully saturated rings. The average Bonchev–Trinajstić information content (AvgIpc) is 3.43. The van der Waals surface area contributed by atoms with Gasteiger partial charge in [0.2, 0.25) is 0 Å². The summed E-state index contributed by atoms with van der Waals surface area (Å²) in [5.74, 6) is 2.59. The van der Waals surface area contributed by atoms with Gasteiger partial charge in [0, 0.05) is 37.9 Å². The Kier molecular flexibility index (Phi) is 4.28. The Hall–Kier alpha value is -2.47. The quantitative estimate of drug-likeness (QED) is 0.715. The summed E-state index contributed by atoms with van der Waals surface area (Å²) in [6, 6.07) is 9.57. The topological polar surface area (TPSA) is 51.8 Å². The highest BCUT2D eigenvalue weighted by molar-refractivity contribution is 5.33. The zero-order valence-corrected chi connectivity index (χ0v) is 15.8. The van der Waals surface area contributed by atoms with Crippen molar-refractivity contribution in [2.75, 3.05) is 13.1 Å². The average molecular weight is 362 g/mol. The first-order valence-corrected chi connectivity index (χ1v) is 9.92. The largest absolute Gasteiger partial charge is 0.330 e. The van der Waals surface area contributed by atoms with Crippen molar-refractivity contribution in [1.29, 1.82) is 0 Å². The van der Waals surface area contributed by atoms with E-state index in [0.717, 1.165) is 24.7 Å². The fourth-order valence-electron chi connectivity index (χ4n) is 4.75. The van der Waals surface area contributed by atoms with Gasteiger partial charge in [-0.3, -0.25) is 4.90 Å². The van der Waals surface area contributed by atoms with Gasteiger partial charge in [0.05, 0.1) is 12.9 Å². The van der Waals surface area contributed by atoms with Crippen LogP contribution < -0.4 is 0 Å². The molecule has 0 amide bonds. The number of fused-ring (bicyclic) bond motifs is 1. The molecule has 2 aromatic heterocycles. The minimum atomic E-state index is 0.469. The first-order valence-electron chi connectivity index (χ1n) is 9.92. The Labute approximate surface area is 159 Å². The number of hydrogen-bond donors (Lipinski definition) is 0. The molecule has 0 N–H and O–H groups in total. The van der Waals surface area contributed by atoms with Gasteiger partial charge in [0.15, 0.2) is 5.82 Å². The van der Waals surface area contributed by atoms with E-state index in [2.05, 4.69) is 56.0 Å². The van der Waals surface area contributed by atoms with E-state index in [-0.39, 0.29) is 0 Å². The maximum absolute atomic E-state index is 4.57. The summed E-state index contributed by atoms with van der Waals surface area (Å²) >= 11 is 0. The smallest absolute Gasteiger partial charge is 0.152 e. The summed E-state index contributed by atoms with van der Waals surface area (Å²) in [5.41, 5.74) is 3.07. The number of aromatic nitrogens is 5. The molecule has 1 aliphatic heterocycles. The van der Waals surface area contributed by atoms with Crippen LogP contribution in [-0.4, -0.2) is 48.3 Å². The van der Waals surface area contributed by atoms with Crippen molar-refractivity contribution in [3.63, 3.8) is 0 Å². The van der Waals surface area contributed by atoms with Gasteiger partial charge >= 0.3 is 0 Å². The zero-order valence-electron chi connectivity index (χ0n) is 15.8. The number of likely N-dealkylation sites (tertiary alicyclic amines) is 1. The van der Waals surface area contributed by atoms with E-state index in [9.17, 15) is 0 Å². The highest BCUT2D eigenvalue weighted by Crippen LogP contribution is 2.32. The third-order valence-electron chi connectivity index (χ3n) is 6.25. The van der Waals surface area contributed by atoms with Gasteiger partial charge in [-0.2, -0.15) is 0 Å². The second kappa shape index (κ2) is 6.93. The molecule has 6 nitrogen and oxygen atoms in total. The molecular formula is C21H26N6. The molecule has 0 spiro atoms. The van der Waals surface area contributed by atoms with Gasteiger partial charge in [-0.15, -0.1) is 10.2 Å². The van der Waals surface area contributed by atoms with Crippen LogP contribution in [0.2, 0.25) is 0 Å². The van der Waals surface area contributed by atoms with Crippen LogP contribution in [0.3, 0.4) is 0 Å². The summed E-state index contributed by atoms with van der Waals surface area (Å²) in [4.78, 5) is 6.81. The molecule has 2 aliphatic rings. The number of rotatable bonds is 4. The number of hydrogen-bond acceptors (Lipinski definition) is 4. The van der Waals surface area contributed by atoms with Crippen LogP contribution in [-0.2, 0) is 26.4 Å². The molecule has 6 heteroatoms. The second-order valence-corrected chi connectivity index (χ2v) is 7.93. The van der Waals surface area contributed by atoms with Crippen LogP contribution in [0.15, 0.2) is 43.0 Å². The van der Waals surface area contributed by atoms with Crippen molar-refractivity contribution in [2.45, 2.75) is 44.2 Å². The number of nitrogens with zero attached hydrogens (tertiary/aromatic N) is 6. The summed E-state index contributed by atoms with van der Waals surface area (Å²) in [6.07, 6.45) is 10.4. The molecule has 27 heavy (non-hydrogen) atoms. The van der Waals surface area contributed by atoms with Gasteiger partial charge in [0.1, 0.15) is 5.82 Å². The first kappa shape index (κ1) is 16.7. The fourth-order valence-corrected chi connectivity index (χ4v) is 4.75. The van der Waals surface area contributed by atoms with E-state index >= 15 is 0 Å². The Morgan fingerprint density at radius 2 is 1.93 bits per heavy atom. The maximum Gasteiger partial charge on any atom is 0.152 e. The van der Waals surface area contributed by atoms with E-state index in [1.165, 1.54) is 43.4 Å². The zero-order chi connectivity index (χ0) is 18.2. The van der Waals surface area contributed by atoms with Gasteiger partial charge < -0.3 is 9.13 Å². The molecular weight excluding hydrogens is 336 g/mol. The normalized spacial score (nSPS) is 20.9. The predicted molar refractivity (Wildman–Crippen MR) is 104 cm³/mol. The molecule has 5 rings (SSSR count). The lowest BCUT2D eigenvalue weighted by molar-refractivity contribution is 0.148. The molecule has 1 aromatic carbocycles. The third-order valence-corrected chi connectivity index (χ3v) is 6.25. The van der Waals surface area contributed by atoms with Crippen molar-refractivity contribution in [3.8, 4) is 0 Å². The maximum atomic E-state index is 4.57. The number of piperidine rings is 1. The Bertz CT molecular complexity index is 888. The van der Waals surface area contributed by atoms with E-state index in [4.69, 9.17) is 0 Å². The monoisotopic (exact) mass is 362 g/mol. The minimum absolute atomic E-state index is 0.469. The minimum Gasteiger partial charge on any atom is -0.330 e. The van der Waals surface area contributed by atoms with E-state index in [0.29, 0.717) is 12.0 Å². The molecule has 0 saturated carbocycles. The van der Waals surface area contributed by atoms with E-state index < -0.39 is 0 Å². The van der Waals surface area contributed by atoms with Crippen molar-refractivity contribution < 1.29 is 0 Å². The van der Waals surface area contributed by atoms with Crippen molar-refractivity contribution >= 4 is 0 Å². The van der Waals surface area contributed by atoms with Gasteiger partial charge in [-0.05, 0) is 43.4 Å². The molecule has 3 aromatic rings. The van der Waals surface area contributed by atoms with E-state index in [1.54, 1.807) is 6.20 Å². The lowest BCUT2D eigenvalue weighted by Gasteiger charge is -2.36. The molecule has 0 bridgehead atoms. The fraction of sp³-hybridized carbons (Fsp3) is 0.476. The van der Waals surface area contributed by atoms with Crippen LogP contribution in [0.5, 0.6) is 0 Å². The van der Waals surface area contributed by atoms with Crippen molar-refractivity contribution in [3.05, 3.63) is 65.8 Å². The summed E-state index contributed by atoms with van der Waals surface area (Å²) < 4.78 is 4.23. The molecule has 0 radical (unpaired) electrons. The Balaban J connectivity index is 1.30. The number of benzene rings is 1. The van der Waals surface area contributed by atoms with E-state index in [1.807, 2.05) is 17.1 Å². The third kappa shape index (κ3) is 3.18. The van der Waals surface area contributed by atoms with Gasteiger partial charge in [-0.1, -0.05) is 24.3 Å². The van der Waals surface area contributed by atoms with Crippen molar-refractivity contribution in [1.82, 2.24) is 29.2 Å². The van der Waals surface area contributed by atoms with Crippen LogP contribution in [0.25, 0.3) is 0 Å². The van der Waals surface area contributed by atoms with Crippen LogP contribution in [0.1, 0.15) is 41.5 Å². The van der Waals surface area contributed by atoms with Gasteiger partial charge in [-0.25, -0.2) is 4.98 Å². The summed E-state index contributed by atoms with van der Waals surface area (Å²) in [5, 5.41) is 9.04. The van der Waals surface area contributed by atoms with Crippen molar-refractivity contribution in [2.24, 2.45) is 7.05 Å². The molecule has 1 aliphatic carbocycles.